The molecule has 0 heterocycles. The number of rotatable bonds is 11. The quantitative estimate of drug-likeness (QED) is 0.400. The number of benzene rings is 2. The molecular weight excluding hydrogens is 549 g/mol. The fraction of sp³-hybridized carbons (Fsp3) is 0.481. The van der Waals surface area contributed by atoms with Gasteiger partial charge in [-0.1, -0.05) is 67.6 Å². The summed E-state index contributed by atoms with van der Waals surface area (Å²) in [5.41, 5.74) is 0.869. The number of anilines is 1. The van der Waals surface area contributed by atoms with Crippen LogP contribution in [0.3, 0.4) is 0 Å². The Hall–Kier alpha value is -2.49. The number of methoxy groups -OCH3 is 1. The maximum atomic E-state index is 13.8. The Morgan fingerprint density at radius 2 is 1.74 bits per heavy atom. The summed E-state index contributed by atoms with van der Waals surface area (Å²) in [6.07, 6.45) is 6.43. The second kappa shape index (κ2) is 13.5. The SMILES string of the molecule is CC[C@@H](C(=O)NC1CCCCC1)N(Cc1ccc(OC)cc1)C(=O)CN(c1cccc(Cl)c1Cl)S(C)(=O)=O. The first-order valence-electron chi connectivity index (χ1n) is 12.7. The highest BCUT2D eigenvalue weighted by Crippen LogP contribution is 2.34. The van der Waals surface area contributed by atoms with E-state index in [1.807, 2.05) is 19.1 Å². The number of ether oxygens (including phenoxy) is 1. The van der Waals surface area contributed by atoms with Crippen LogP contribution in [0.1, 0.15) is 51.0 Å². The summed E-state index contributed by atoms with van der Waals surface area (Å²) >= 11 is 12.5. The molecule has 1 saturated carbocycles. The molecule has 8 nitrogen and oxygen atoms in total. The van der Waals surface area contributed by atoms with Crippen molar-refractivity contribution < 1.29 is 22.7 Å². The highest BCUT2D eigenvalue weighted by molar-refractivity contribution is 7.92. The Morgan fingerprint density at radius 3 is 2.32 bits per heavy atom. The first-order valence-corrected chi connectivity index (χ1v) is 15.3. The molecule has 0 aliphatic heterocycles. The lowest BCUT2D eigenvalue weighted by Crippen LogP contribution is -2.54. The van der Waals surface area contributed by atoms with E-state index >= 15 is 0 Å². The van der Waals surface area contributed by atoms with E-state index in [-0.39, 0.29) is 34.2 Å². The molecule has 0 saturated heterocycles. The van der Waals surface area contributed by atoms with Gasteiger partial charge in [-0.15, -0.1) is 0 Å². The Kier molecular flexibility index (Phi) is 10.7. The summed E-state index contributed by atoms with van der Waals surface area (Å²) in [5, 5.41) is 3.31. The van der Waals surface area contributed by atoms with E-state index in [1.165, 1.54) is 17.0 Å². The molecule has 2 aromatic carbocycles. The van der Waals surface area contributed by atoms with E-state index in [9.17, 15) is 18.0 Å². The van der Waals surface area contributed by atoms with Crippen molar-refractivity contribution in [3.63, 3.8) is 0 Å². The van der Waals surface area contributed by atoms with Crippen molar-refractivity contribution in [2.75, 3.05) is 24.2 Å². The van der Waals surface area contributed by atoms with Crippen LogP contribution in [0, 0.1) is 0 Å². The number of amides is 2. The molecule has 0 bridgehead atoms. The highest BCUT2D eigenvalue weighted by Gasteiger charge is 2.33. The van der Waals surface area contributed by atoms with E-state index < -0.39 is 28.5 Å². The highest BCUT2D eigenvalue weighted by atomic mass is 35.5. The molecule has 1 aliphatic carbocycles. The third-order valence-electron chi connectivity index (χ3n) is 6.73. The average molecular weight is 585 g/mol. The molecule has 11 heteroatoms. The van der Waals surface area contributed by atoms with Gasteiger partial charge in [0, 0.05) is 12.6 Å². The molecule has 1 aliphatic rings. The normalized spacial score (nSPS) is 15.0. The van der Waals surface area contributed by atoms with E-state index in [1.54, 1.807) is 25.3 Å². The number of sulfonamides is 1. The molecule has 0 radical (unpaired) electrons. The van der Waals surface area contributed by atoms with Crippen LogP contribution in [0.2, 0.25) is 10.0 Å². The maximum Gasteiger partial charge on any atom is 0.244 e. The fourth-order valence-corrected chi connectivity index (χ4v) is 5.97. The van der Waals surface area contributed by atoms with Gasteiger partial charge in [-0.25, -0.2) is 8.42 Å². The van der Waals surface area contributed by atoms with Gasteiger partial charge in [0.15, 0.2) is 0 Å². The fourth-order valence-electron chi connectivity index (χ4n) is 4.67. The van der Waals surface area contributed by atoms with Crippen LogP contribution in [-0.4, -0.2) is 57.1 Å². The van der Waals surface area contributed by atoms with Gasteiger partial charge in [0.25, 0.3) is 0 Å². The van der Waals surface area contributed by atoms with Gasteiger partial charge in [0.1, 0.15) is 18.3 Å². The van der Waals surface area contributed by atoms with Crippen LogP contribution in [0.4, 0.5) is 5.69 Å². The van der Waals surface area contributed by atoms with E-state index in [0.29, 0.717) is 12.2 Å². The van der Waals surface area contributed by atoms with E-state index in [4.69, 9.17) is 27.9 Å². The summed E-state index contributed by atoms with van der Waals surface area (Å²) < 4.78 is 31.7. The summed E-state index contributed by atoms with van der Waals surface area (Å²) in [6, 6.07) is 11.0. The van der Waals surface area contributed by atoms with Crippen LogP contribution < -0.4 is 14.4 Å². The molecular formula is C27H35Cl2N3O5S. The number of hydrogen-bond acceptors (Lipinski definition) is 5. The Labute approximate surface area is 235 Å². The first-order chi connectivity index (χ1) is 18.0. The molecule has 38 heavy (non-hydrogen) atoms. The van der Waals surface area contributed by atoms with Crippen LogP contribution in [0.25, 0.3) is 0 Å². The van der Waals surface area contributed by atoms with Crippen molar-refractivity contribution in [3.05, 3.63) is 58.1 Å². The Bertz CT molecular complexity index is 1220. The number of carbonyl (C=O) groups excluding carboxylic acids is 2. The van der Waals surface area contributed by atoms with Gasteiger partial charge in [-0.3, -0.25) is 13.9 Å². The van der Waals surface area contributed by atoms with Gasteiger partial charge < -0.3 is 15.0 Å². The molecule has 0 aromatic heterocycles. The van der Waals surface area contributed by atoms with Crippen molar-refractivity contribution in [1.29, 1.82) is 0 Å². The zero-order valence-corrected chi connectivity index (χ0v) is 24.3. The molecule has 0 spiro atoms. The molecule has 3 rings (SSSR count). The lowest BCUT2D eigenvalue weighted by Gasteiger charge is -2.34. The third kappa shape index (κ3) is 7.77. The first kappa shape index (κ1) is 30.1. The summed E-state index contributed by atoms with van der Waals surface area (Å²) in [5.74, 6) is -0.117. The average Bonchev–Trinajstić information content (AvgIpc) is 2.89. The molecule has 2 amide bonds. The molecule has 208 valence electrons. The molecule has 2 aromatic rings. The van der Waals surface area contributed by atoms with Crippen molar-refractivity contribution in [1.82, 2.24) is 10.2 Å². The number of nitrogens with zero attached hydrogens (tertiary/aromatic N) is 2. The maximum absolute atomic E-state index is 13.8. The Balaban J connectivity index is 1.94. The summed E-state index contributed by atoms with van der Waals surface area (Å²) in [7, 11) is -2.35. The van der Waals surface area contributed by atoms with Gasteiger partial charge in [-0.05, 0) is 49.1 Å². The summed E-state index contributed by atoms with van der Waals surface area (Å²) in [6.45, 7) is 1.41. The minimum Gasteiger partial charge on any atom is -0.497 e. The van der Waals surface area contributed by atoms with Crippen LogP contribution >= 0.6 is 23.2 Å². The van der Waals surface area contributed by atoms with Gasteiger partial charge in [0.2, 0.25) is 21.8 Å². The second-order valence-electron chi connectivity index (χ2n) is 9.48. The van der Waals surface area contributed by atoms with E-state index in [2.05, 4.69) is 5.32 Å². The zero-order valence-electron chi connectivity index (χ0n) is 22.0. The largest absolute Gasteiger partial charge is 0.497 e. The lowest BCUT2D eigenvalue weighted by molar-refractivity contribution is -0.140. The lowest BCUT2D eigenvalue weighted by atomic mass is 9.95. The van der Waals surface area contributed by atoms with Crippen molar-refractivity contribution in [2.24, 2.45) is 0 Å². The van der Waals surface area contributed by atoms with Crippen LogP contribution in [0.15, 0.2) is 42.5 Å². The van der Waals surface area contributed by atoms with Gasteiger partial charge in [0.05, 0.1) is 29.1 Å². The smallest absolute Gasteiger partial charge is 0.244 e. The molecule has 0 unspecified atom stereocenters. The standard InChI is InChI=1S/C27H35Cl2N3O5S/c1-4-23(27(34)30-20-9-6-5-7-10-20)31(17-19-13-15-21(37-2)16-14-19)25(33)18-32(38(3,35)36)24-12-8-11-22(28)26(24)29/h8,11-16,20,23H,4-7,9-10,17-18H2,1-3H3,(H,30,34)/t23-/m0/s1. The monoisotopic (exact) mass is 583 g/mol. The minimum absolute atomic E-state index is 0.0242. The number of hydrogen-bond donors (Lipinski definition) is 1. The van der Waals surface area contributed by atoms with Gasteiger partial charge in [-0.2, -0.15) is 0 Å². The second-order valence-corrected chi connectivity index (χ2v) is 12.2. The molecule has 1 atom stereocenters. The van der Waals surface area contributed by atoms with Gasteiger partial charge >= 0.3 is 0 Å². The predicted octanol–water partition coefficient (Wildman–Crippen LogP) is 5.02. The predicted molar refractivity (Wildman–Crippen MR) is 151 cm³/mol. The number of halogens is 2. The van der Waals surface area contributed by atoms with Crippen molar-refractivity contribution in [2.45, 2.75) is 64.1 Å². The van der Waals surface area contributed by atoms with Crippen molar-refractivity contribution in [3.8, 4) is 5.75 Å². The number of nitrogens with one attached hydrogen (secondary N) is 1. The van der Waals surface area contributed by atoms with Crippen molar-refractivity contribution >= 4 is 50.7 Å². The zero-order chi connectivity index (χ0) is 27.9. The topological polar surface area (TPSA) is 96.0 Å². The van der Waals surface area contributed by atoms with Crippen LogP contribution in [0.5, 0.6) is 5.75 Å². The third-order valence-corrected chi connectivity index (χ3v) is 8.66. The number of carbonyl (C=O) groups is 2. The Morgan fingerprint density at radius 1 is 1.08 bits per heavy atom. The molecule has 1 N–H and O–H groups in total. The van der Waals surface area contributed by atoms with Crippen LogP contribution in [-0.2, 0) is 26.2 Å². The summed E-state index contributed by atoms with van der Waals surface area (Å²) in [4.78, 5) is 28.7. The molecule has 1 fully saturated rings. The van der Waals surface area contributed by atoms with E-state index in [0.717, 1.165) is 48.2 Å². The minimum atomic E-state index is -3.92.